The Balaban J connectivity index is 1.83. The molecular formula is C21H28N2O5. The summed E-state index contributed by atoms with van der Waals surface area (Å²) in [6, 6.07) is 9.16. The van der Waals surface area contributed by atoms with Gasteiger partial charge in [-0.05, 0) is 44.1 Å². The van der Waals surface area contributed by atoms with Gasteiger partial charge in [-0.2, -0.15) is 0 Å². The van der Waals surface area contributed by atoms with Gasteiger partial charge in [0.05, 0.1) is 6.04 Å². The van der Waals surface area contributed by atoms with Crippen LogP contribution in [0.2, 0.25) is 0 Å². The molecule has 1 amide bonds. The molecule has 152 valence electrons. The number of esters is 1. The molecule has 0 bridgehead atoms. The fraction of sp³-hybridized carbons (Fsp3) is 0.524. The number of amides is 1. The molecule has 3 N–H and O–H groups in total. The lowest BCUT2D eigenvalue weighted by atomic mass is 9.88. The van der Waals surface area contributed by atoms with Crippen LogP contribution in [-0.2, 0) is 19.1 Å². The number of ether oxygens (including phenoxy) is 2. The minimum Gasteiger partial charge on any atom is -0.461 e. The maximum Gasteiger partial charge on any atom is 0.326 e. The molecule has 1 saturated carbocycles. The van der Waals surface area contributed by atoms with Crippen molar-refractivity contribution in [3.05, 3.63) is 48.0 Å². The number of hydrogen-bond acceptors (Lipinski definition) is 6. The average Bonchev–Trinajstić information content (AvgIpc) is 3.25. The highest BCUT2D eigenvalue weighted by Gasteiger charge is 2.44. The summed E-state index contributed by atoms with van der Waals surface area (Å²) in [5, 5.41) is 12.2. The van der Waals surface area contributed by atoms with Gasteiger partial charge in [0.25, 0.3) is 5.91 Å². The highest BCUT2D eigenvalue weighted by molar-refractivity contribution is 5.86. The van der Waals surface area contributed by atoms with Gasteiger partial charge in [0.2, 0.25) is 0 Å². The molecule has 1 atom stereocenters. The lowest BCUT2D eigenvalue weighted by molar-refractivity contribution is -0.161. The number of nitrogens with one attached hydrogen (secondary N) is 2. The molecule has 1 aromatic rings. The van der Waals surface area contributed by atoms with E-state index in [2.05, 4.69) is 5.32 Å². The minimum atomic E-state index is -0.874. The molecular weight excluding hydrogens is 360 g/mol. The van der Waals surface area contributed by atoms with Crippen molar-refractivity contribution in [3.8, 4) is 0 Å². The van der Waals surface area contributed by atoms with Crippen molar-refractivity contribution in [1.82, 2.24) is 10.8 Å². The molecule has 1 heterocycles. The molecule has 1 unspecified atom stereocenters. The summed E-state index contributed by atoms with van der Waals surface area (Å²) < 4.78 is 11.3. The molecule has 1 saturated heterocycles. The normalized spacial score (nSPS) is 20.8. The van der Waals surface area contributed by atoms with E-state index in [1.807, 2.05) is 30.3 Å². The largest absolute Gasteiger partial charge is 0.461 e. The Morgan fingerprint density at radius 3 is 2.50 bits per heavy atom. The zero-order valence-corrected chi connectivity index (χ0v) is 15.9. The number of carbonyl (C=O) groups is 2. The van der Waals surface area contributed by atoms with Crippen LogP contribution in [0.3, 0.4) is 0 Å². The van der Waals surface area contributed by atoms with Gasteiger partial charge in [-0.1, -0.05) is 36.4 Å². The summed E-state index contributed by atoms with van der Waals surface area (Å²) in [5.41, 5.74) is 1.62. The van der Waals surface area contributed by atoms with E-state index in [0.717, 1.165) is 31.2 Å². The smallest absolute Gasteiger partial charge is 0.326 e. The molecule has 28 heavy (non-hydrogen) atoms. The van der Waals surface area contributed by atoms with Crippen LogP contribution in [-0.4, -0.2) is 41.9 Å². The van der Waals surface area contributed by atoms with Gasteiger partial charge in [-0.15, -0.1) is 0 Å². The Kier molecular flexibility index (Phi) is 7.19. The Morgan fingerprint density at radius 2 is 1.86 bits per heavy atom. The monoisotopic (exact) mass is 388 g/mol. The van der Waals surface area contributed by atoms with Crippen molar-refractivity contribution in [3.63, 3.8) is 0 Å². The van der Waals surface area contributed by atoms with Crippen LogP contribution in [0.5, 0.6) is 0 Å². The third-order valence-corrected chi connectivity index (χ3v) is 5.45. The summed E-state index contributed by atoms with van der Waals surface area (Å²) in [7, 11) is 0. The van der Waals surface area contributed by atoms with Gasteiger partial charge < -0.3 is 9.47 Å². The molecule has 0 spiro atoms. The van der Waals surface area contributed by atoms with E-state index >= 15 is 0 Å². The summed E-state index contributed by atoms with van der Waals surface area (Å²) in [6.07, 6.45) is 7.89. The van der Waals surface area contributed by atoms with Crippen LogP contribution in [0.4, 0.5) is 0 Å². The predicted molar refractivity (Wildman–Crippen MR) is 103 cm³/mol. The molecule has 0 aromatic heterocycles. The van der Waals surface area contributed by atoms with Crippen LogP contribution >= 0.6 is 0 Å². The van der Waals surface area contributed by atoms with Crippen LogP contribution in [0.15, 0.2) is 42.5 Å². The highest BCUT2D eigenvalue weighted by Crippen LogP contribution is 2.30. The first-order chi connectivity index (χ1) is 13.6. The van der Waals surface area contributed by atoms with Crippen molar-refractivity contribution in [2.24, 2.45) is 0 Å². The SMILES string of the molecule is O=C(/C=C/C(NC1(C(=O)OC2CCCC2)CCOCC1)c1ccccc1)NO. The first-order valence-electron chi connectivity index (χ1n) is 9.87. The van der Waals surface area contributed by atoms with Crippen molar-refractivity contribution >= 4 is 11.9 Å². The first kappa shape index (κ1) is 20.5. The molecule has 0 radical (unpaired) electrons. The minimum absolute atomic E-state index is 0.0140. The van der Waals surface area contributed by atoms with E-state index < -0.39 is 17.5 Å². The number of benzene rings is 1. The van der Waals surface area contributed by atoms with E-state index in [4.69, 9.17) is 14.7 Å². The van der Waals surface area contributed by atoms with Gasteiger partial charge in [-0.3, -0.25) is 20.1 Å². The molecule has 2 aliphatic rings. The summed E-state index contributed by atoms with van der Waals surface area (Å²) in [5.74, 6) is -0.874. The Labute approximate surface area is 165 Å². The third-order valence-electron chi connectivity index (χ3n) is 5.45. The van der Waals surface area contributed by atoms with Crippen LogP contribution < -0.4 is 10.8 Å². The van der Waals surface area contributed by atoms with E-state index in [0.29, 0.717) is 26.1 Å². The van der Waals surface area contributed by atoms with Crippen LogP contribution in [0, 0.1) is 0 Å². The van der Waals surface area contributed by atoms with E-state index in [1.165, 1.54) is 6.08 Å². The molecule has 2 fully saturated rings. The van der Waals surface area contributed by atoms with Crippen molar-refractivity contribution in [1.29, 1.82) is 0 Å². The van der Waals surface area contributed by atoms with Crippen molar-refractivity contribution < 1.29 is 24.3 Å². The zero-order chi connectivity index (χ0) is 19.8. The lowest BCUT2D eigenvalue weighted by Gasteiger charge is -2.39. The van der Waals surface area contributed by atoms with Crippen LogP contribution in [0.1, 0.15) is 50.1 Å². The molecule has 7 nitrogen and oxygen atoms in total. The molecule has 7 heteroatoms. The Morgan fingerprint density at radius 1 is 1.18 bits per heavy atom. The third kappa shape index (κ3) is 5.19. The summed E-state index contributed by atoms with van der Waals surface area (Å²) >= 11 is 0. The second kappa shape index (κ2) is 9.82. The zero-order valence-electron chi connectivity index (χ0n) is 15.9. The average molecular weight is 388 g/mol. The lowest BCUT2D eigenvalue weighted by Crippen LogP contribution is -2.57. The Bertz CT molecular complexity index is 679. The van der Waals surface area contributed by atoms with E-state index in [1.54, 1.807) is 11.6 Å². The van der Waals surface area contributed by atoms with Crippen molar-refractivity contribution in [2.75, 3.05) is 13.2 Å². The number of hydroxylamine groups is 1. The van der Waals surface area contributed by atoms with Gasteiger partial charge in [0.15, 0.2) is 0 Å². The standard InChI is InChI=1S/C21H28N2O5/c24-19(23-26)11-10-18(16-6-2-1-3-7-16)22-21(12-14-27-15-13-21)20(25)28-17-8-4-5-9-17/h1-3,6-7,10-11,17-18,22,26H,4-5,8-9,12-15H2,(H,23,24)/b11-10+. The fourth-order valence-corrected chi connectivity index (χ4v) is 3.82. The van der Waals surface area contributed by atoms with Crippen LogP contribution in [0.25, 0.3) is 0 Å². The molecule has 1 aliphatic carbocycles. The van der Waals surface area contributed by atoms with Crippen molar-refractivity contribution in [2.45, 2.75) is 56.2 Å². The number of rotatable bonds is 7. The van der Waals surface area contributed by atoms with Gasteiger partial charge in [0.1, 0.15) is 11.6 Å². The maximum atomic E-state index is 13.2. The number of carbonyl (C=O) groups excluding carboxylic acids is 2. The maximum absolute atomic E-state index is 13.2. The topological polar surface area (TPSA) is 96.9 Å². The molecule has 3 rings (SSSR count). The number of hydrogen-bond donors (Lipinski definition) is 3. The molecule has 1 aromatic carbocycles. The summed E-state index contributed by atoms with van der Waals surface area (Å²) in [4.78, 5) is 24.6. The Hall–Kier alpha value is -2.22. The van der Waals surface area contributed by atoms with E-state index in [-0.39, 0.29) is 12.1 Å². The first-order valence-corrected chi connectivity index (χ1v) is 9.87. The highest BCUT2D eigenvalue weighted by atomic mass is 16.5. The molecule has 1 aliphatic heterocycles. The summed E-state index contributed by atoms with van der Waals surface area (Å²) in [6.45, 7) is 0.935. The van der Waals surface area contributed by atoms with E-state index in [9.17, 15) is 9.59 Å². The quantitative estimate of drug-likeness (QED) is 0.287. The van der Waals surface area contributed by atoms with Gasteiger partial charge in [0, 0.05) is 19.3 Å². The van der Waals surface area contributed by atoms with Gasteiger partial charge >= 0.3 is 5.97 Å². The predicted octanol–water partition coefficient (Wildman–Crippen LogP) is 2.41. The second-order valence-corrected chi connectivity index (χ2v) is 7.37. The van der Waals surface area contributed by atoms with Gasteiger partial charge in [-0.25, -0.2) is 5.48 Å². The second-order valence-electron chi connectivity index (χ2n) is 7.37. The fourth-order valence-electron chi connectivity index (χ4n) is 3.82.